The smallest absolute Gasteiger partial charge is 0.417 e. The lowest BCUT2D eigenvalue weighted by Gasteiger charge is -2.22. The minimum absolute atomic E-state index is 0.0352. The molecule has 1 saturated heterocycles. The molecule has 2 saturated carbocycles. The number of carbonyl (C=O) groups is 1. The summed E-state index contributed by atoms with van der Waals surface area (Å²) in [6.45, 7) is 1.19. The van der Waals surface area contributed by atoms with Gasteiger partial charge in [0.05, 0.1) is 16.6 Å². The molecule has 2 atom stereocenters. The number of rotatable bonds is 6. The predicted molar refractivity (Wildman–Crippen MR) is 144 cm³/mol. The van der Waals surface area contributed by atoms with Gasteiger partial charge in [-0.1, -0.05) is 35.5 Å². The summed E-state index contributed by atoms with van der Waals surface area (Å²) in [6, 6.07) is 10.3. The topological polar surface area (TPSA) is 79.5 Å². The first-order valence-electron chi connectivity index (χ1n) is 13.7. The van der Waals surface area contributed by atoms with Crippen molar-refractivity contribution in [1.82, 2.24) is 10.1 Å². The number of carboxylic acid groups (broad SMARTS) is 1. The van der Waals surface area contributed by atoms with Gasteiger partial charge in [-0.25, -0.2) is 9.78 Å². The largest absolute Gasteiger partial charge is 0.477 e. The summed E-state index contributed by atoms with van der Waals surface area (Å²) < 4.78 is 88.2. The van der Waals surface area contributed by atoms with Crippen molar-refractivity contribution in [2.24, 2.45) is 17.8 Å². The number of alkyl halides is 6. The third kappa shape index (κ3) is 4.92. The van der Waals surface area contributed by atoms with Crippen molar-refractivity contribution in [2.75, 3.05) is 18.0 Å². The third-order valence-corrected chi connectivity index (χ3v) is 8.62. The van der Waals surface area contributed by atoms with Crippen molar-refractivity contribution in [3.05, 3.63) is 82.8 Å². The molecular weight excluding hydrogens is 576 g/mol. The van der Waals surface area contributed by atoms with Crippen LogP contribution < -0.4 is 4.90 Å². The fourth-order valence-corrected chi connectivity index (χ4v) is 6.27. The van der Waals surface area contributed by atoms with Crippen LogP contribution in [0.3, 0.4) is 0 Å². The number of aromatic nitrogens is 2. The van der Waals surface area contributed by atoms with E-state index in [2.05, 4.69) is 10.1 Å². The second-order valence-corrected chi connectivity index (χ2v) is 11.4. The molecule has 1 N–H and O–H groups in total. The fourth-order valence-electron chi connectivity index (χ4n) is 6.27. The summed E-state index contributed by atoms with van der Waals surface area (Å²) in [7, 11) is 0. The molecule has 7 rings (SSSR count). The number of piperidine rings is 1. The van der Waals surface area contributed by atoms with Crippen LogP contribution >= 0.6 is 0 Å². The van der Waals surface area contributed by atoms with Gasteiger partial charge in [-0.2, -0.15) is 26.3 Å². The van der Waals surface area contributed by atoms with Crippen LogP contribution in [0, 0.1) is 17.8 Å². The Labute approximate surface area is 240 Å². The van der Waals surface area contributed by atoms with Gasteiger partial charge in [-0.15, -0.1) is 0 Å². The Morgan fingerprint density at radius 2 is 1.65 bits per heavy atom. The van der Waals surface area contributed by atoms with Gasteiger partial charge in [0.25, 0.3) is 0 Å². The molecular formula is C31H23F6N3O3. The number of aromatic carboxylic acids is 1. The van der Waals surface area contributed by atoms with Gasteiger partial charge < -0.3 is 14.5 Å². The van der Waals surface area contributed by atoms with Crippen LogP contribution in [0.5, 0.6) is 0 Å². The van der Waals surface area contributed by atoms with E-state index in [1.165, 1.54) is 30.3 Å². The quantitative estimate of drug-likeness (QED) is 0.227. The first-order valence-corrected chi connectivity index (χ1v) is 13.7. The van der Waals surface area contributed by atoms with Crippen LogP contribution in [0.2, 0.25) is 0 Å². The summed E-state index contributed by atoms with van der Waals surface area (Å²) in [5.41, 5.74) is -1.29. The molecule has 2 unspecified atom stereocenters. The molecule has 0 bridgehead atoms. The lowest BCUT2D eigenvalue weighted by molar-refractivity contribution is -0.137. The van der Waals surface area contributed by atoms with Crippen LogP contribution in [-0.2, 0) is 12.4 Å². The summed E-state index contributed by atoms with van der Waals surface area (Å²) in [4.78, 5) is 17.2. The number of benzene rings is 2. The van der Waals surface area contributed by atoms with E-state index >= 15 is 0 Å². The average Bonchev–Trinajstić information content (AvgIpc) is 3.82. The number of pyridine rings is 1. The van der Waals surface area contributed by atoms with Crippen LogP contribution in [-0.4, -0.2) is 34.3 Å². The van der Waals surface area contributed by atoms with Crippen molar-refractivity contribution in [2.45, 2.75) is 31.1 Å². The number of carboxylic acids is 1. The summed E-state index contributed by atoms with van der Waals surface area (Å²) in [6.07, 6.45) is -3.73. The fraction of sp³-hybridized carbons (Fsp3) is 0.323. The van der Waals surface area contributed by atoms with Crippen LogP contribution in [0.25, 0.3) is 28.2 Å². The number of hydrogen-bond acceptors (Lipinski definition) is 5. The molecule has 3 aliphatic rings. The Bertz CT molecular complexity index is 1780. The SMILES string of the molecule is O=C(O)c1cc(C(F)(F)F)c2cc(N3CC4C(/C=C/c5c(-c6ccccc6C(F)(F)F)noc5C5CC5)C4C3)ccc2n1. The Morgan fingerprint density at radius 1 is 0.953 bits per heavy atom. The van der Waals surface area contributed by atoms with Crippen molar-refractivity contribution in [3.8, 4) is 11.3 Å². The molecule has 3 fully saturated rings. The van der Waals surface area contributed by atoms with E-state index in [1.807, 2.05) is 17.1 Å². The molecule has 1 aliphatic heterocycles. The van der Waals surface area contributed by atoms with E-state index < -0.39 is 35.1 Å². The normalized spacial score (nSPS) is 22.0. The first-order chi connectivity index (χ1) is 20.4. The number of fused-ring (bicyclic) bond motifs is 2. The molecule has 0 amide bonds. The zero-order valence-electron chi connectivity index (χ0n) is 22.3. The molecule has 0 spiro atoms. The highest BCUT2D eigenvalue weighted by Gasteiger charge is 2.54. The Morgan fingerprint density at radius 3 is 2.30 bits per heavy atom. The number of hydrogen-bond donors (Lipinski definition) is 1. The Balaban J connectivity index is 1.13. The molecule has 2 aromatic carbocycles. The lowest BCUT2D eigenvalue weighted by Crippen LogP contribution is -2.23. The average molecular weight is 600 g/mol. The van der Waals surface area contributed by atoms with Gasteiger partial charge in [0, 0.05) is 41.2 Å². The van der Waals surface area contributed by atoms with Crippen LogP contribution in [0.1, 0.15) is 51.7 Å². The third-order valence-electron chi connectivity index (χ3n) is 8.62. The molecule has 2 aliphatic carbocycles. The lowest BCUT2D eigenvalue weighted by atomic mass is 9.98. The van der Waals surface area contributed by atoms with Gasteiger partial charge in [0.1, 0.15) is 17.1 Å². The van der Waals surface area contributed by atoms with E-state index in [0.29, 0.717) is 36.2 Å². The molecule has 6 nitrogen and oxygen atoms in total. The number of halogens is 6. The van der Waals surface area contributed by atoms with E-state index in [1.54, 1.807) is 6.07 Å². The van der Waals surface area contributed by atoms with E-state index in [9.17, 15) is 36.2 Å². The highest BCUT2D eigenvalue weighted by molar-refractivity contribution is 5.93. The van der Waals surface area contributed by atoms with Gasteiger partial charge in [-0.3, -0.25) is 0 Å². The van der Waals surface area contributed by atoms with Crippen molar-refractivity contribution in [1.29, 1.82) is 0 Å². The summed E-state index contributed by atoms with van der Waals surface area (Å²) in [5.74, 6) is -0.193. The zero-order valence-corrected chi connectivity index (χ0v) is 22.3. The van der Waals surface area contributed by atoms with E-state index in [4.69, 9.17) is 4.52 Å². The maximum atomic E-state index is 13.8. The number of nitrogens with zero attached hydrogens (tertiary/aromatic N) is 3. The van der Waals surface area contributed by atoms with Gasteiger partial charge in [0.2, 0.25) is 0 Å². The van der Waals surface area contributed by atoms with Crippen LogP contribution in [0.4, 0.5) is 32.0 Å². The molecule has 43 heavy (non-hydrogen) atoms. The second kappa shape index (κ2) is 9.58. The molecule has 0 radical (unpaired) electrons. The van der Waals surface area contributed by atoms with Gasteiger partial charge in [-0.05, 0) is 60.9 Å². The number of anilines is 1. The number of allylic oxidation sites excluding steroid dienone is 1. The predicted octanol–water partition coefficient (Wildman–Crippen LogP) is 7.90. The summed E-state index contributed by atoms with van der Waals surface area (Å²) >= 11 is 0. The molecule has 3 heterocycles. The van der Waals surface area contributed by atoms with Crippen LogP contribution in [0.15, 0.2) is 59.1 Å². The summed E-state index contributed by atoms with van der Waals surface area (Å²) in [5, 5.41) is 13.1. The van der Waals surface area contributed by atoms with Gasteiger partial charge in [0.15, 0.2) is 0 Å². The van der Waals surface area contributed by atoms with E-state index in [0.717, 1.165) is 18.9 Å². The molecule has 12 heteroatoms. The molecule has 4 aromatic rings. The molecule has 2 aromatic heterocycles. The van der Waals surface area contributed by atoms with E-state index in [-0.39, 0.29) is 45.8 Å². The van der Waals surface area contributed by atoms with Crippen molar-refractivity contribution >= 4 is 28.6 Å². The maximum Gasteiger partial charge on any atom is 0.417 e. The monoisotopic (exact) mass is 599 g/mol. The zero-order chi connectivity index (χ0) is 30.3. The van der Waals surface area contributed by atoms with Crippen molar-refractivity contribution in [3.63, 3.8) is 0 Å². The van der Waals surface area contributed by atoms with Gasteiger partial charge >= 0.3 is 18.3 Å². The Hall–Kier alpha value is -4.35. The standard InChI is InChI=1S/C31H23F6N3O3/c32-30(33,34)23-4-2-1-3-18(23)27-19(28(43-39-27)15-5-6-15)9-8-17-21-13-40(14-22(17)21)16-7-10-25-20(11-16)24(31(35,36)37)12-26(38-25)29(41)42/h1-4,7-12,15,17,21-22H,5-6,13-14H2,(H,41,42)/b9-8+. The first kappa shape index (κ1) is 27.5. The minimum atomic E-state index is -4.76. The highest BCUT2D eigenvalue weighted by Crippen LogP contribution is 2.54. The van der Waals surface area contributed by atoms with Crippen molar-refractivity contribution < 1.29 is 40.8 Å². The highest BCUT2D eigenvalue weighted by atomic mass is 19.4. The maximum absolute atomic E-state index is 13.8. The second-order valence-electron chi connectivity index (χ2n) is 11.4. The molecule has 222 valence electrons. The Kier molecular flexibility index (Phi) is 6.12. The minimum Gasteiger partial charge on any atom is -0.477 e.